The third-order valence-electron chi connectivity index (χ3n) is 5.73. The molecule has 0 unspecified atom stereocenters. The summed E-state index contributed by atoms with van der Waals surface area (Å²) in [6.45, 7) is 3.58. The van der Waals surface area contributed by atoms with Crippen LogP contribution >= 0.6 is 0 Å². The maximum absolute atomic E-state index is 12.4. The van der Waals surface area contributed by atoms with Gasteiger partial charge in [0.2, 0.25) is 0 Å². The van der Waals surface area contributed by atoms with Gasteiger partial charge in [-0.2, -0.15) is 0 Å². The van der Waals surface area contributed by atoms with Gasteiger partial charge in [-0.1, -0.05) is 24.3 Å². The second kappa shape index (κ2) is 7.53. The zero-order valence-corrected chi connectivity index (χ0v) is 15.4. The number of nitrogens with two attached hydrogens (primary N) is 1. The number of fused-ring (bicyclic) bond motifs is 1. The molecule has 2 N–H and O–H groups in total. The predicted molar refractivity (Wildman–Crippen MR) is 105 cm³/mol. The first-order valence-electron chi connectivity index (χ1n) is 9.64. The summed E-state index contributed by atoms with van der Waals surface area (Å²) in [6.07, 6.45) is 3.11. The van der Waals surface area contributed by atoms with E-state index in [0.29, 0.717) is 23.6 Å². The molecule has 0 bridgehead atoms. The lowest BCUT2D eigenvalue weighted by Crippen LogP contribution is -2.36. The number of rotatable bonds is 5. The highest BCUT2D eigenvalue weighted by atomic mass is 16.2. The Morgan fingerprint density at radius 1 is 0.889 bits per heavy atom. The molecule has 0 aromatic heterocycles. The van der Waals surface area contributed by atoms with Crippen LogP contribution < -0.4 is 5.73 Å². The number of amides is 2. The summed E-state index contributed by atoms with van der Waals surface area (Å²) in [5.41, 5.74) is 8.91. The van der Waals surface area contributed by atoms with Crippen molar-refractivity contribution in [2.45, 2.75) is 25.8 Å². The molecule has 0 atom stereocenters. The van der Waals surface area contributed by atoms with Crippen molar-refractivity contribution in [3.05, 3.63) is 65.2 Å². The lowest BCUT2D eigenvalue weighted by molar-refractivity contribution is 0.0636. The Bertz CT molecular complexity index is 804. The van der Waals surface area contributed by atoms with Crippen LogP contribution in [0.25, 0.3) is 0 Å². The average molecular weight is 363 g/mol. The molecule has 1 fully saturated rings. The molecule has 2 amide bonds. The molecular formula is C22H25N3O2. The van der Waals surface area contributed by atoms with Crippen molar-refractivity contribution < 1.29 is 9.59 Å². The number of anilines is 1. The van der Waals surface area contributed by atoms with Gasteiger partial charge >= 0.3 is 0 Å². The number of benzene rings is 2. The smallest absolute Gasteiger partial charge is 0.261 e. The Kier molecular flexibility index (Phi) is 4.94. The van der Waals surface area contributed by atoms with Crippen LogP contribution in [0.1, 0.15) is 45.5 Å². The fourth-order valence-electron chi connectivity index (χ4n) is 4.07. The molecule has 140 valence electrons. The molecule has 2 aromatic rings. The number of imide groups is 1. The Labute approximate surface area is 159 Å². The van der Waals surface area contributed by atoms with E-state index in [1.807, 2.05) is 24.3 Å². The van der Waals surface area contributed by atoms with E-state index >= 15 is 0 Å². The second-order valence-corrected chi connectivity index (χ2v) is 7.56. The number of hydrogen-bond donors (Lipinski definition) is 1. The molecule has 2 aliphatic rings. The van der Waals surface area contributed by atoms with Crippen LogP contribution in [0.15, 0.2) is 48.5 Å². The third-order valence-corrected chi connectivity index (χ3v) is 5.73. The van der Waals surface area contributed by atoms with Gasteiger partial charge in [0, 0.05) is 18.8 Å². The van der Waals surface area contributed by atoms with Gasteiger partial charge in [-0.15, -0.1) is 0 Å². The van der Waals surface area contributed by atoms with Crippen LogP contribution in [0.4, 0.5) is 5.69 Å². The van der Waals surface area contributed by atoms with Gasteiger partial charge in [-0.3, -0.25) is 19.4 Å². The monoisotopic (exact) mass is 363 g/mol. The van der Waals surface area contributed by atoms with Crippen LogP contribution in [0, 0.1) is 5.92 Å². The molecule has 0 saturated carbocycles. The van der Waals surface area contributed by atoms with Crippen molar-refractivity contribution in [3.63, 3.8) is 0 Å². The number of piperidine rings is 1. The molecule has 2 aromatic carbocycles. The van der Waals surface area contributed by atoms with E-state index < -0.39 is 0 Å². The van der Waals surface area contributed by atoms with Crippen molar-refractivity contribution in [1.82, 2.24) is 9.80 Å². The van der Waals surface area contributed by atoms with Gasteiger partial charge < -0.3 is 5.73 Å². The summed E-state index contributed by atoms with van der Waals surface area (Å²) in [4.78, 5) is 28.8. The Hall–Kier alpha value is -2.66. The van der Waals surface area contributed by atoms with Gasteiger partial charge in [0.25, 0.3) is 11.8 Å². The molecule has 0 aliphatic carbocycles. The lowest BCUT2D eigenvalue weighted by atomic mass is 9.93. The first-order valence-corrected chi connectivity index (χ1v) is 9.64. The average Bonchev–Trinajstić information content (AvgIpc) is 2.94. The summed E-state index contributed by atoms with van der Waals surface area (Å²) in [7, 11) is 0. The summed E-state index contributed by atoms with van der Waals surface area (Å²) < 4.78 is 0. The molecule has 0 radical (unpaired) electrons. The van der Waals surface area contributed by atoms with Gasteiger partial charge in [0.05, 0.1) is 11.1 Å². The standard InChI is InChI=1S/C22H25N3O2/c23-18-7-5-17(6-8-18)15-24-12-9-16(10-13-24)11-14-25-21(26)19-3-1-2-4-20(19)22(25)27/h1-8,16H,9-15,23H2. The summed E-state index contributed by atoms with van der Waals surface area (Å²) in [6, 6.07) is 15.2. The van der Waals surface area contributed by atoms with E-state index in [9.17, 15) is 9.59 Å². The minimum atomic E-state index is -0.142. The van der Waals surface area contributed by atoms with Crippen molar-refractivity contribution in [2.24, 2.45) is 5.92 Å². The Morgan fingerprint density at radius 3 is 2.07 bits per heavy atom. The maximum atomic E-state index is 12.4. The highest BCUT2D eigenvalue weighted by Gasteiger charge is 2.35. The summed E-state index contributed by atoms with van der Waals surface area (Å²) in [5, 5.41) is 0. The van der Waals surface area contributed by atoms with Crippen molar-refractivity contribution in [3.8, 4) is 0 Å². The highest BCUT2D eigenvalue weighted by molar-refractivity contribution is 6.21. The molecule has 1 saturated heterocycles. The van der Waals surface area contributed by atoms with Gasteiger partial charge in [-0.05, 0) is 68.1 Å². The number of hydrogen-bond acceptors (Lipinski definition) is 4. The molecule has 0 spiro atoms. The maximum Gasteiger partial charge on any atom is 0.261 e. The number of likely N-dealkylation sites (tertiary alicyclic amines) is 1. The molecular weight excluding hydrogens is 338 g/mol. The van der Waals surface area contributed by atoms with Gasteiger partial charge in [0.15, 0.2) is 0 Å². The zero-order chi connectivity index (χ0) is 18.8. The van der Waals surface area contributed by atoms with E-state index in [1.54, 1.807) is 12.1 Å². The van der Waals surface area contributed by atoms with Crippen molar-refractivity contribution >= 4 is 17.5 Å². The third kappa shape index (κ3) is 3.74. The molecule has 5 nitrogen and oxygen atoms in total. The van der Waals surface area contributed by atoms with Crippen LogP contribution in [0.3, 0.4) is 0 Å². The normalized spacial score (nSPS) is 18.1. The van der Waals surface area contributed by atoms with Crippen molar-refractivity contribution in [1.29, 1.82) is 0 Å². The van der Waals surface area contributed by atoms with Crippen LogP contribution in [0.5, 0.6) is 0 Å². The molecule has 5 heteroatoms. The van der Waals surface area contributed by atoms with E-state index in [1.165, 1.54) is 10.5 Å². The molecule has 4 rings (SSSR count). The van der Waals surface area contributed by atoms with Crippen molar-refractivity contribution in [2.75, 3.05) is 25.4 Å². The fourth-order valence-corrected chi connectivity index (χ4v) is 4.07. The first-order chi connectivity index (χ1) is 13.1. The quantitative estimate of drug-likeness (QED) is 0.654. The van der Waals surface area contributed by atoms with Gasteiger partial charge in [-0.25, -0.2) is 0 Å². The second-order valence-electron chi connectivity index (χ2n) is 7.56. The van der Waals surface area contributed by atoms with E-state index in [4.69, 9.17) is 5.73 Å². The summed E-state index contributed by atoms with van der Waals surface area (Å²) in [5.74, 6) is 0.282. The van der Waals surface area contributed by atoms with Crippen LogP contribution in [0.2, 0.25) is 0 Å². The fraction of sp³-hybridized carbons (Fsp3) is 0.364. The van der Waals surface area contributed by atoms with Crippen LogP contribution in [-0.2, 0) is 6.54 Å². The number of carbonyl (C=O) groups is 2. The zero-order valence-electron chi connectivity index (χ0n) is 15.4. The topological polar surface area (TPSA) is 66.6 Å². The summed E-state index contributed by atoms with van der Waals surface area (Å²) >= 11 is 0. The number of nitrogens with zero attached hydrogens (tertiary/aromatic N) is 2. The highest BCUT2D eigenvalue weighted by Crippen LogP contribution is 2.26. The minimum absolute atomic E-state index is 0.142. The molecule has 2 aliphatic heterocycles. The van der Waals surface area contributed by atoms with E-state index in [0.717, 1.165) is 44.6 Å². The van der Waals surface area contributed by atoms with Gasteiger partial charge in [0.1, 0.15) is 0 Å². The number of nitrogen functional groups attached to an aromatic ring is 1. The molecule has 2 heterocycles. The molecule has 27 heavy (non-hydrogen) atoms. The lowest BCUT2D eigenvalue weighted by Gasteiger charge is -2.32. The number of carbonyl (C=O) groups excluding carboxylic acids is 2. The predicted octanol–water partition coefficient (Wildman–Crippen LogP) is 3.17. The van der Waals surface area contributed by atoms with Crippen LogP contribution in [-0.4, -0.2) is 41.2 Å². The Balaban J connectivity index is 1.26. The minimum Gasteiger partial charge on any atom is -0.399 e. The first kappa shape index (κ1) is 17.7. The Morgan fingerprint density at radius 2 is 1.48 bits per heavy atom. The SMILES string of the molecule is Nc1ccc(CN2CCC(CCN3C(=O)c4ccccc4C3=O)CC2)cc1. The van der Waals surface area contributed by atoms with E-state index in [2.05, 4.69) is 17.0 Å². The largest absolute Gasteiger partial charge is 0.399 e. The van der Waals surface area contributed by atoms with E-state index in [-0.39, 0.29) is 11.8 Å².